The first-order valence-corrected chi connectivity index (χ1v) is 8.43. The van der Waals surface area contributed by atoms with Crippen molar-refractivity contribution in [2.45, 2.75) is 19.8 Å². The molecule has 0 atom stereocenters. The number of Topliss-reactive ketones (excluding diaryl/α,β-unsaturated/α-hetero) is 1. The van der Waals surface area contributed by atoms with Gasteiger partial charge in [0.1, 0.15) is 5.75 Å². The van der Waals surface area contributed by atoms with Gasteiger partial charge < -0.3 is 14.6 Å². The number of aryl methyl sites for hydroxylation is 1. The second-order valence-corrected chi connectivity index (χ2v) is 5.92. The van der Waals surface area contributed by atoms with Crippen LogP contribution in [0.3, 0.4) is 0 Å². The van der Waals surface area contributed by atoms with Crippen molar-refractivity contribution < 1.29 is 18.8 Å². The van der Waals surface area contributed by atoms with Crippen LogP contribution in [0.5, 0.6) is 5.75 Å². The molecule has 1 amide bonds. The summed E-state index contributed by atoms with van der Waals surface area (Å²) in [6.45, 7) is 1.50. The van der Waals surface area contributed by atoms with E-state index >= 15 is 0 Å². The minimum Gasteiger partial charge on any atom is -0.497 e. The van der Waals surface area contributed by atoms with Gasteiger partial charge in [-0.05, 0) is 55.5 Å². The standard InChI is InChI=1S/C20H19N3O4/c1-13(24)14-3-7-16(8-4-14)21-18(25)11-12-19-22-20(23-27-19)15-5-9-17(26-2)10-6-15/h3-10H,11-12H2,1-2H3,(H,21,25). The summed E-state index contributed by atoms with van der Waals surface area (Å²) in [5.74, 6) is 1.41. The molecule has 0 aliphatic rings. The van der Waals surface area contributed by atoms with Gasteiger partial charge in [0.15, 0.2) is 5.78 Å². The van der Waals surface area contributed by atoms with Gasteiger partial charge in [-0.3, -0.25) is 9.59 Å². The average Bonchev–Trinajstić information content (AvgIpc) is 3.16. The Hall–Kier alpha value is -3.48. The van der Waals surface area contributed by atoms with E-state index in [1.54, 1.807) is 31.4 Å². The van der Waals surface area contributed by atoms with Gasteiger partial charge in [-0.15, -0.1) is 0 Å². The fourth-order valence-corrected chi connectivity index (χ4v) is 2.45. The molecule has 0 saturated carbocycles. The number of carbonyl (C=O) groups is 2. The Morgan fingerprint density at radius 1 is 1.07 bits per heavy atom. The third-order valence-electron chi connectivity index (χ3n) is 3.96. The Morgan fingerprint density at radius 3 is 2.41 bits per heavy atom. The third-order valence-corrected chi connectivity index (χ3v) is 3.96. The number of nitrogens with one attached hydrogen (secondary N) is 1. The number of ether oxygens (including phenoxy) is 1. The summed E-state index contributed by atoms with van der Waals surface area (Å²) in [6, 6.07) is 14.1. The highest BCUT2D eigenvalue weighted by molar-refractivity contribution is 5.95. The van der Waals surface area contributed by atoms with Gasteiger partial charge in [-0.25, -0.2) is 0 Å². The van der Waals surface area contributed by atoms with Gasteiger partial charge >= 0.3 is 0 Å². The van der Waals surface area contributed by atoms with Crippen LogP contribution in [0, 0.1) is 0 Å². The average molecular weight is 365 g/mol. The zero-order chi connectivity index (χ0) is 19.2. The zero-order valence-corrected chi connectivity index (χ0v) is 15.1. The largest absolute Gasteiger partial charge is 0.497 e. The van der Waals surface area contributed by atoms with E-state index in [2.05, 4.69) is 15.5 Å². The molecule has 0 radical (unpaired) electrons. The molecule has 7 nitrogen and oxygen atoms in total. The molecule has 1 heterocycles. The van der Waals surface area contributed by atoms with Crippen LogP contribution >= 0.6 is 0 Å². The quantitative estimate of drug-likeness (QED) is 0.644. The van der Waals surface area contributed by atoms with Crippen molar-refractivity contribution in [3.63, 3.8) is 0 Å². The van der Waals surface area contributed by atoms with Crippen molar-refractivity contribution in [3.05, 3.63) is 60.0 Å². The molecule has 2 aromatic carbocycles. The predicted molar refractivity (Wildman–Crippen MR) is 99.7 cm³/mol. The van der Waals surface area contributed by atoms with Crippen molar-refractivity contribution in [1.29, 1.82) is 0 Å². The number of carbonyl (C=O) groups excluding carboxylic acids is 2. The van der Waals surface area contributed by atoms with Crippen LogP contribution in [0.15, 0.2) is 53.1 Å². The fourth-order valence-electron chi connectivity index (χ4n) is 2.45. The highest BCUT2D eigenvalue weighted by Gasteiger charge is 2.11. The number of aromatic nitrogens is 2. The Balaban J connectivity index is 1.54. The number of ketones is 1. The van der Waals surface area contributed by atoms with E-state index in [4.69, 9.17) is 9.26 Å². The highest BCUT2D eigenvalue weighted by atomic mass is 16.5. The summed E-state index contributed by atoms with van der Waals surface area (Å²) in [6.07, 6.45) is 0.541. The topological polar surface area (TPSA) is 94.3 Å². The molecule has 0 unspecified atom stereocenters. The zero-order valence-electron chi connectivity index (χ0n) is 15.1. The molecule has 27 heavy (non-hydrogen) atoms. The smallest absolute Gasteiger partial charge is 0.227 e. The van der Waals surface area contributed by atoms with Crippen molar-refractivity contribution >= 4 is 17.4 Å². The maximum atomic E-state index is 12.1. The molecule has 7 heteroatoms. The molecule has 0 aliphatic heterocycles. The van der Waals surface area contributed by atoms with E-state index in [0.717, 1.165) is 11.3 Å². The van der Waals surface area contributed by atoms with Crippen LogP contribution in [0.4, 0.5) is 5.69 Å². The number of benzene rings is 2. The second kappa shape index (κ2) is 8.27. The molecule has 1 N–H and O–H groups in total. The normalized spacial score (nSPS) is 10.4. The van der Waals surface area contributed by atoms with E-state index < -0.39 is 0 Å². The van der Waals surface area contributed by atoms with Crippen molar-refractivity contribution in [1.82, 2.24) is 10.1 Å². The van der Waals surface area contributed by atoms with Crippen LogP contribution in [0.25, 0.3) is 11.4 Å². The van der Waals surface area contributed by atoms with Crippen LogP contribution in [0.2, 0.25) is 0 Å². The Kier molecular flexibility index (Phi) is 5.61. The van der Waals surface area contributed by atoms with Crippen molar-refractivity contribution in [2.24, 2.45) is 0 Å². The minimum absolute atomic E-state index is 0.0167. The summed E-state index contributed by atoms with van der Waals surface area (Å²) in [5, 5.41) is 6.71. The summed E-state index contributed by atoms with van der Waals surface area (Å²) >= 11 is 0. The monoisotopic (exact) mass is 365 g/mol. The van der Waals surface area contributed by atoms with Crippen LogP contribution in [-0.4, -0.2) is 28.9 Å². The summed E-state index contributed by atoms with van der Waals surface area (Å²) in [4.78, 5) is 27.6. The molecule has 0 saturated heterocycles. The summed E-state index contributed by atoms with van der Waals surface area (Å²) in [5.41, 5.74) is 2.04. The number of rotatable bonds is 7. The number of methoxy groups -OCH3 is 1. The lowest BCUT2D eigenvalue weighted by atomic mass is 10.1. The molecule has 138 valence electrons. The van der Waals surface area contributed by atoms with Crippen LogP contribution in [-0.2, 0) is 11.2 Å². The molecule has 0 fully saturated rings. The van der Waals surface area contributed by atoms with E-state index in [1.165, 1.54) is 6.92 Å². The van der Waals surface area contributed by atoms with Crippen LogP contribution < -0.4 is 10.1 Å². The highest BCUT2D eigenvalue weighted by Crippen LogP contribution is 2.20. The van der Waals surface area contributed by atoms with Crippen molar-refractivity contribution in [3.8, 4) is 17.1 Å². The lowest BCUT2D eigenvalue weighted by molar-refractivity contribution is -0.116. The SMILES string of the molecule is COc1ccc(-c2noc(CCC(=O)Nc3ccc(C(C)=O)cc3)n2)cc1. The number of amides is 1. The van der Waals surface area contributed by atoms with E-state index in [-0.39, 0.29) is 18.1 Å². The number of hydrogen-bond acceptors (Lipinski definition) is 6. The molecule has 3 rings (SSSR count). The first kappa shape index (κ1) is 18.3. The Bertz CT molecular complexity index is 931. The summed E-state index contributed by atoms with van der Waals surface area (Å²) in [7, 11) is 1.60. The molecule has 0 bridgehead atoms. The number of nitrogens with zero attached hydrogens (tertiary/aromatic N) is 2. The fraction of sp³-hybridized carbons (Fsp3) is 0.200. The molecular formula is C20H19N3O4. The molecular weight excluding hydrogens is 346 g/mol. The first-order chi connectivity index (χ1) is 13.0. The van der Waals surface area contributed by atoms with Gasteiger partial charge in [0.05, 0.1) is 7.11 Å². The number of anilines is 1. The van der Waals surface area contributed by atoms with E-state index in [1.807, 2.05) is 24.3 Å². The Morgan fingerprint density at radius 2 is 1.78 bits per heavy atom. The van der Waals surface area contributed by atoms with Gasteiger partial charge in [-0.1, -0.05) is 5.16 Å². The van der Waals surface area contributed by atoms with Gasteiger partial charge in [0, 0.05) is 29.7 Å². The number of hydrogen-bond donors (Lipinski definition) is 1. The van der Waals surface area contributed by atoms with E-state index in [0.29, 0.717) is 29.4 Å². The third kappa shape index (κ3) is 4.78. The van der Waals surface area contributed by atoms with Crippen LogP contribution in [0.1, 0.15) is 29.6 Å². The maximum Gasteiger partial charge on any atom is 0.227 e. The van der Waals surface area contributed by atoms with Gasteiger partial charge in [-0.2, -0.15) is 4.98 Å². The lowest BCUT2D eigenvalue weighted by Crippen LogP contribution is -2.12. The molecule has 0 spiro atoms. The van der Waals surface area contributed by atoms with Crippen molar-refractivity contribution in [2.75, 3.05) is 12.4 Å². The maximum absolute atomic E-state index is 12.1. The van der Waals surface area contributed by atoms with Gasteiger partial charge in [0.2, 0.25) is 17.6 Å². The molecule has 0 aliphatic carbocycles. The summed E-state index contributed by atoms with van der Waals surface area (Å²) < 4.78 is 10.3. The minimum atomic E-state index is -0.172. The lowest BCUT2D eigenvalue weighted by Gasteiger charge is -2.04. The van der Waals surface area contributed by atoms with Gasteiger partial charge in [0.25, 0.3) is 0 Å². The predicted octanol–water partition coefficient (Wildman–Crippen LogP) is 3.52. The second-order valence-electron chi connectivity index (χ2n) is 5.92. The Labute approximate surface area is 156 Å². The molecule has 3 aromatic rings. The first-order valence-electron chi connectivity index (χ1n) is 8.43. The van der Waals surface area contributed by atoms with E-state index in [9.17, 15) is 9.59 Å². The molecule has 1 aromatic heterocycles.